The van der Waals surface area contributed by atoms with Crippen molar-refractivity contribution >= 4 is 49.4 Å². The first-order valence-corrected chi connectivity index (χ1v) is 9.17. The van der Waals surface area contributed by atoms with Crippen molar-refractivity contribution in [2.45, 2.75) is 19.5 Å². The Bertz CT molecular complexity index is 894. The Labute approximate surface area is 156 Å². The lowest BCUT2D eigenvalue weighted by Crippen LogP contribution is -2.44. The minimum atomic E-state index is -0.819. The lowest BCUT2D eigenvalue weighted by atomic mass is 10.3. The van der Waals surface area contributed by atoms with Crippen LogP contribution in [0.2, 0.25) is 0 Å². The van der Waals surface area contributed by atoms with Crippen molar-refractivity contribution in [3.63, 3.8) is 0 Å². The predicted octanol–water partition coefficient (Wildman–Crippen LogP) is 2.62. The van der Waals surface area contributed by atoms with E-state index in [1.807, 2.05) is 18.2 Å². The summed E-state index contributed by atoms with van der Waals surface area (Å²) < 4.78 is 8.57. The first-order chi connectivity index (χ1) is 12.1. The maximum atomic E-state index is 12.5. The van der Waals surface area contributed by atoms with E-state index < -0.39 is 17.9 Å². The van der Waals surface area contributed by atoms with Gasteiger partial charge in [0, 0.05) is 16.9 Å². The van der Waals surface area contributed by atoms with Crippen LogP contribution in [0, 0.1) is 0 Å². The SMILES string of the molecule is CCOC(=O)C(Cn1ccnc1)NC(=O)c1nc2ccc(Br)cc2s1. The van der Waals surface area contributed by atoms with Gasteiger partial charge in [-0.1, -0.05) is 15.9 Å². The van der Waals surface area contributed by atoms with Crippen molar-refractivity contribution in [1.82, 2.24) is 19.9 Å². The number of thiazole rings is 1. The zero-order valence-electron chi connectivity index (χ0n) is 13.3. The molecule has 1 atom stereocenters. The Hall–Kier alpha value is -2.26. The van der Waals surface area contributed by atoms with Crippen LogP contribution in [0.4, 0.5) is 0 Å². The highest BCUT2D eigenvalue weighted by molar-refractivity contribution is 9.10. The van der Waals surface area contributed by atoms with E-state index in [9.17, 15) is 9.59 Å². The van der Waals surface area contributed by atoms with Gasteiger partial charge in [0.05, 0.1) is 29.7 Å². The molecule has 1 N–H and O–H groups in total. The van der Waals surface area contributed by atoms with E-state index in [1.54, 1.807) is 30.2 Å². The molecule has 25 heavy (non-hydrogen) atoms. The second kappa shape index (κ2) is 7.75. The third-order valence-corrected chi connectivity index (χ3v) is 4.88. The largest absolute Gasteiger partial charge is 0.464 e. The second-order valence-corrected chi connectivity index (χ2v) is 7.11. The Kier molecular flexibility index (Phi) is 5.44. The minimum Gasteiger partial charge on any atom is -0.464 e. The number of halogens is 1. The maximum absolute atomic E-state index is 12.5. The van der Waals surface area contributed by atoms with Crippen molar-refractivity contribution in [1.29, 1.82) is 0 Å². The smallest absolute Gasteiger partial charge is 0.330 e. The van der Waals surface area contributed by atoms with E-state index in [0.29, 0.717) is 5.01 Å². The zero-order chi connectivity index (χ0) is 17.8. The van der Waals surface area contributed by atoms with E-state index in [0.717, 1.165) is 14.7 Å². The fourth-order valence-electron chi connectivity index (χ4n) is 2.24. The number of carbonyl (C=O) groups excluding carboxylic acids is 2. The van der Waals surface area contributed by atoms with Gasteiger partial charge < -0.3 is 14.6 Å². The highest BCUT2D eigenvalue weighted by Crippen LogP contribution is 2.25. The van der Waals surface area contributed by atoms with Crippen LogP contribution in [0.5, 0.6) is 0 Å². The molecule has 0 aliphatic carbocycles. The van der Waals surface area contributed by atoms with Crippen LogP contribution in [0.3, 0.4) is 0 Å². The van der Waals surface area contributed by atoms with Crippen LogP contribution in [0.1, 0.15) is 16.7 Å². The molecule has 0 spiro atoms. The molecule has 1 amide bonds. The Morgan fingerprint density at radius 3 is 3.00 bits per heavy atom. The van der Waals surface area contributed by atoms with Gasteiger partial charge in [-0.05, 0) is 25.1 Å². The molecule has 1 unspecified atom stereocenters. The molecule has 0 saturated carbocycles. The molecule has 9 heteroatoms. The number of nitrogens with zero attached hydrogens (tertiary/aromatic N) is 3. The third kappa shape index (κ3) is 4.23. The number of ether oxygens (including phenoxy) is 1. The monoisotopic (exact) mass is 422 g/mol. The molecule has 0 saturated heterocycles. The zero-order valence-corrected chi connectivity index (χ0v) is 15.7. The standard InChI is InChI=1S/C16H15BrN4O3S/c1-2-24-16(23)12(8-21-6-5-18-9-21)19-14(22)15-20-11-4-3-10(17)7-13(11)25-15/h3-7,9,12H,2,8H2,1H3,(H,19,22). The number of hydrogen-bond acceptors (Lipinski definition) is 6. The summed E-state index contributed by atoms with van der Waals surface area (Å²) >= 11 is 4.67. The molecular formula is C16H15BrN4O3S. The highest BCUT2D eigenvalue weighted by atomic mass is 79.9. The number of amides is 1. The Morgan fingerprint density at radius 1 is 1.44 bits per heavy atom. The predicted molar refractivity (Wildman–Crippen MR) is 97.4 cm³/mol. The van der Waals surface area contributed by atoms with Crippen molar-refractivity contribution < 1.29 is 14.3 Å². The van der Waals surface area contributed by atoms with Gasteiger partial charge in [0.25, 0.3) is 5.91 Å². The molecule has 130 valence electrons. The first kappa shape index (κ1) is 17.6. The van der Waals surface area contributed by atoms with Gasteiger partial charge >= 0.3 is 5.97 Å². The summed E-state index contributed by atoms with van der Waals surface area (Å²) in [6.07, 6.45) is 4.90. The van der Waals surface area contributed by atoms with Gasteiger partial charge in [0.2, 0.25) is 0 Å². The fourth-order valence-corrected chi connectivity index (χ4v) is 3.66. The average molecular weight is 423 g/mol. The molecule has 2 heterocycles. The Balaban J connectivity index is 1.79. The summed E-state index contributed by atoms with van der Waals surface area (Å²) in [7, 11) is 0. The summed E-state index contributed by atoms with van der Waals surface area (Å²) in [4.78, 5) is 33.0. The normalized spacial score (nSPS) is 12.1. The molecule has 7 nitrogen and oxygen atoms in total. The number of nitrogens with one attached hydrogen (secondary N) is 1. The molecule has 3 rings (SSSR count). The van der Waals surface area contributed by atoms with Crippen LogP contribution in [-0.2, 0) is 16.1 Å². The first-order valence-electron chi connectivity index (χ1n) is 7.56. The van der Waals surface area contributed by atoms with Crippen LogP contribution < -0.4 is 5.32 Å². The fraction of sp³-hybridized carbons (Fsp3) is 0.250. The van der Waals surface area contributed by atoms with E-state index in [2.05, 4.69) is 31.2 Å². The molecule has 0 aliphatic rings. The number of imidazole rings is 1. The summed E-state index contributed by atoms with van der Waals surface area (Å²) in [5.74, 6) is -0.899. The summed E-state index contributed by atoms with van der Waals surface area (Å²) in [6.45, 7) is 2.20. The summed E-state index contributed by atoms with van der Waals surface area (Å²) in [5, 5.41) is 3.00. The maximum Gasteiger partial charge on any atom is 0.330 e. The van der Waals surface area contributed by atoms with Crippen molar-refractivity contribution in [2.24, 2.45) is 0 Å². The van der Waals surface area contributed by atoms with E-state index >= 15 is 0 Å². The number of hydrogen-bond donors (Lipinski definition) is 1. The lowest BCUT2D eigenvalue weighted by Gasteiger charge is -2.17. The average Bonchev–Trinajstić information content (AvgIpc) is 3.23. The number of benzene rings is 1. The third-order valence-electron chi connectivity index (χ3n) is 3.37. The molecule has 1 aromatic carbocycles. The van der Waals surface area contributed by atoms with E-state index in [-0.39, 0.29) is 13.2 Å². The molecule has 2 aromatic heterocycles. The van der Waals surface area contributed by atoms with Crippen molar-refractivity contribution in [2.75, 3.05) is 6.61 Å². The molecule has 3 aromatic rings. The van der Waals surface area contributed by atoms with Gasteiger partial charge in [-0.2, -0.15) is 0 Å². The lowest BCUT2D eigenvalue weighted by molar-refractivity contribution is -0.145. The van der Waals surface area contributed by atoms with E-state index in [1.165, 1.54) is 11.3 Å². The van der Waals surface area contributed by atoms with Gasteiger partial charge in [-0.25, -0.2) is 14.8 Å². The number of fused-ring (bicyclic) bond motifs is 1. The highest BCUT2D eigenvalue weighted by Gasteiger charge is 2.24. The van der Waals surface area contributed by atoms with Crippen LogP contribution in [-0.4, -0.2) is 39.1 Å². The number of esters is 1. The number of carbonyl (C=O) groups is 2. The van der Waals surface area contributed by atoms with Gasteiger partial charge in [0.15, 0.2) is 5.01 Å². The topological polar surface area (TPSA) is 86.1 Å². The molecule has 0 fully saturated rings. The molecule has 0 aliphatic heterocycles. The van der Waals surface area contributed by atoms with Crippen molar-refractivity contribution in [3.8, 4) is 0 Å². The quantitative estimate of drug-likeness (QED) is 0.616. The summed E-state index contributed by atoms with van der Waals surface area (Å²) in [6, 6.07) is 4.78. The molecule has 0 radical (unpaired) electrons. The van der Waals surface area contributed by atoms with Crippen LogP contribution >= 0.6 is 27.3 Å². The van der Waals surface area contributed by atoms with E-state index in [4.69, 9.17) is 4.74 Å². The number of aromatic nitrogens is 3. The Morgan fingerprint density at radius 2 is 2.28 bits per heavy atom. The van der Waals surface area contributed by atoms with Gasteiger partial charge in [-0.3, -0.25) is 4.79 Å². The minimum absolute atomic E-state index is 0.237. The van der Waals surface area contributed by atoms with Crippen LogP contribution in [0.15, 0.2) is 41.4 Å². The van der Waals surface area contributed by atoms with Crippen LogP contribution in [0.25, 0.3) is 10.2 Å². The molecule has 0 bridgehead atoms. The van der Waals surface area contributed by atoms with Gasteiger partial charge in [0.1, 0.15) is 6.04 Å². The van der Waals surface area contributed by atoms with Crippen molar-refractivity contribution in [3.05, 3.63) is 46.4 Å². The molecular weight excluding hydrogens is 408 g/mol. The second-order valence-electron chi connectivity index (χ2n) is 5.17. The van der Waals surface area contributed by atoms with Gasteiger partial charge in [-0.15, -0.1) is 11.3 Å². The summed E-state index contributed by atoms with van der Waals surface area (Å²) in [5.41, 5.74) is 0.737. The number of rotatable bonds is 6.